The standard InChI is InChI=1S/C16H25NO2/c1-16(2,3)19-15(14-7-5-4-6-8-14)13-17-9-11-18-12-10-17/h4-8,15H,9-13H2,1-3H3. The van der Waals surface area contributed by atoms with E-state index in [1.807, 2.05) is 6.07 Å². The Bertz CT molecular complexity index is 366. The molecule has 0 saturated carbocycles. The molecule has 1 fully saturated rings. The summed E-state index contributed by atoms with van der Waals surface area (Å²) in [6.45, 7) is 10.9. The molecule has 0 bridgehead atoms. The molecule has 19 heavy (non-hydrogen) atoms. The number of rotatable bonds is 4. The normalized spacial score (nSPS) is 19.3. The van der Waals surface area contributed by atoms with Gasteiger partial charge in [0.05, 0.1) is 24.9 Å². The molecule has 3 heteroatoms. The van der Waals surface area contributed by atoms with Crippen molar-refractivity contribution in [2.45, 2.75) is 32.5 Å². The Morgan fingerprint density at radius 2 is 1.79 bits per heavy atom. The molecule has 1 unspecified atom stereocenters. The van der Waals surface area contributed by atoms with Gasteiger partial charge in [0.2, 0.25) is 0 Å². The van der Waals surface area contributed by atoms with E-state index in [1.54, 1.807) is 0 Å². The fourth-order valence-electron chi connectivity index (χ4n) is 2.32. The van der Waals surface area contributed by atoms with Crippen molar-refractivity contribution in [2.75, 3.05) is 32.8 Å². The van der Waals surface area contributed by atoms with Crippen molar-refractivity contribution >= 4 is 0 Å². The summed E-state index contributed by atoms with van der Waals surface area (Å²) in [6, 6.07) is 10.5. The largest absolute Gasteiger partial charge is 0.379 e. The van der Waals surface area contributed by atoms with E-state index >= 15 is 0 Å². The monoisotopic (exact) mass is 263 g/mol. The maximum absolute atomic E-state index is 6.24. The van der Waals surface area contributed by atoms with Gasteiger partial charge in [0.25, 0.3) is 0 Å². The van der Waals surface area contributed by atoms with Crippen LogP contribution in [0.2, 0.25) is 0 Å². The smallest absolute Gasteiger partial charge is 0.0958 e. The van der Waals surface area contributed by atoms with E-state index in [9.17, 15) is 0 Å². The van der Waals surface area contributed by atoms with Gasteiger partial charge in [-0.05, 0) is 26.3 Å². The Hall–Kier alpha value is -0.900. The molecule has 0 N–H and O–H groups in total. The minimum absolute atomic E-state index is 0.124. The first-order chi connectivity index (χ1) is 9.04. The van der Waals surface area contributed by atoms with Gasteiger partial charge >= 0.3 is 0 Å². The van der Waals surface area contributed by atoms with Gasteiger partial charge in [-0.3, -0.25) is 4.90 Å². The van der Waals surface area contributed by atoms with Crippen LogP contribution in [-0.2, 0) is 9.47 Å². The minimum atomic E-state index is -0.132. The molecule has 0 spiro atoms. The van der Waals surface area contributed by atoms with E-state index in [4.69, 9.17) is 9.47 Å². The van der Waals surface area contributed by atoms with Crippen LogP contribution in [0.3, 0.4) is 0 Å². The Kier molecular flexibility index (Phi) is 4.97. The summed E-state index contributed by atoms with van der Waals surface area (Å²) in [7, 11) is 0. The molecule has 1 aliphatic heterocycles. The van der Waals surface area contributed by atoms with Gasteiger partial charge in [0.15, 0.2) is 0 Å². The van der Waals surface area contributed by atoms with Crippen molar-refractivity contribution in [1.29, 1.82) is 0 Å². The van der Waals surface area contributed by atoms with Crippen molar-refractivity contribution in [3.8, 4) is 0 Å². The van der Waals surface area contributed by atoms with Crippen molar-refractivity contribution in [2.24, 2.45) is 0 Å². The van der Waals surface area contributed by atoms with Crippen LogP contribution in [-0.4, -0.2) is 43.3 Å². The summed E-state index contributed by atoms with van der Waals surface area (Å²) in [4.78, 5) is 2.42. The molecule has 0 aromatic heterocycles. The molecular formula is C16H25NO2. The number of nitrogens with zero attached hydrogens (tertiary/aromatic N) is 1. The van der Waals surface area contributed by atoms with Crippen LogP contribution in [0.1, 0.15) is 32.4 Å². The Balaban J connectivity index is 2.05. The van der Waals surface area contributed by atoms with E-state index in [0.717, 1.165) is 32.8 Å². The highest BCUT2D eigenvalue weighted by molar-refractivity contribution is 5.18. The van der Waals surface area contributed by atoms with Crippen LogP contribution in [0.15, 0.2) is 30.3 Å². The van der Waals surface area contributed by atoms with Gasteiger partial charge in [0, 0.05) is 19.6 Å². The van der Waals surface area contributed by atoms with Crippen LogP contribution in [0.25, 0.3) is 0 Å². The second-order valence-corrected chi connectivity index (χ2v) is 6.04. The molecule has 1 atom stereocenters. The lowest BCUT2D eigenvalue weighted by molar-refractivity contribution is -0.0826. The van der Waals surface area contributed by atoms with E-state index in [-0.39, 0.29) is 11.7 Å². The molecule has 3 nitrogen and oxygen atoms in total. The molecule has 0 amide bonds. The summed E-state index contributed by atoms with van der Waals surface area (Å²) in [5, 5.41) is 0. The Morgan fingerprint density at radius 1 is 1.16 bits per heavy atom. The molecule has 106 valence electrons. The van der Waals surface area contributed by atoms with E-state index in [0.29, 0.717) is 0 Å². The quantitative estimate of drug-likeness (QED) is 0.834. The van der Waals surface area contributed by atoms with Crippen molar-refractivity contribution in [1.82, 2.24) is 4.90 Å². The zero-order chi connectivity index (χ0) is 13.7. The van der Waals surface area contributed by atoms with Gasteiger partial charge in [-0.15, -0.1) is 0 Å². The van der Waals surface area contributed by atoms with Gasteiger partial charge in [0.1, 0.15) is 0 Å². The van der Waals surface area contributed by atoms with Gasteiger partial charge in [-0.2, -0.15) is 0 Å². The molecule has 1 aromatic carbocycles. The SMILES string of the molecule is CC(C)(C)OC(CN1CCOCC1)c1ccccc1. The predicted octanol–water partition coefficient (Wildman–Crippen LogP) is 2.88. The summed E-state index contributed by atoms with van der Waals surface area (Å²) < 4.78 is 11.6. The van der Waals surface area contributed by atoms with E-state index < -0.39 is 0 Å². The second-order valence-electron chi connectivity index (χ2n) is 6.04. The van der Waals surface area contributed by atoms with Gasteiger partial charge < -0.3 is 9.47 Å². The maximum atomic E-state index is 6.24. The van der Waals surface area contributed by atoms with E-state index in [1.165, 1.54) is 5.56 Å². The van der Waals surface area contributed by atoms with Crippen LogP contribution < -0.4 is 0 Å². The van der Waals surface area contributed by atoms with Crippen LogP contribution in [0.4, 0.5) is 0 Å². The third kappa shape index (κ3) is 4.94. The molecule has 0 aliphatic carbocycles. The number of ether oxygens (including phenoxy) is 2. The van der Waals surface area contributed by atoms with Crippen molar-refractivity contribution in [3.63, 3.8) is 0 Å². The lowest BCUT2D eigenvalue weighted by Crippen LogP contribution is -2.40. The molecule has 0 radical (unpaired) electrons. The molecule has 1 saturated heterocycles. The van der Waals surface area contributed by atoms with Crippen LogP contribution in [0.5, 0.6) is 0 Å². The summed E-state index contributed by atoms with van der Waals surface area (Å²) in [5.41, 5.74) is 1.12. The summed E-state index contributed by atoms with van der Waals surface area (Å²) >= 11 is 0. The minimum Gasteiger partial charge on any atom is -0.379 e. The number of morpholine rings is 1. The predicted molar refractivity (Wildman–Crippen MR) is 77.3 cm³/mol. The number of hydrogen-bond acceptors (Lipinski definition) is 3. The number of hydrogen-bond donors (Lipinski definition) is 0. The third-order valence-electron chi connectivity index (χ3n) is 3.19. The summed E-state index contributed by atoms with van der Waals surface area (Å²) in [6.07, 6.45) is 0.124. The second kappa shape index (κ2) is 6.51. The Labute approximate surface area is 116 Å². The fraction of sp³-hybridized carbons (Fsp3) is 0.625. The van der Waals surface area contributed by atoms with Crippen LogP contribution >= 0.6 is 0 Å². The third-order valence-corrected chi connectivity index (χ3v) is 3.19. The first kappa shape index (κ1) is 14.5. The Morgan fingerprint density at radius 3 is 2.37 bits per heavy atom. The first-order valence-corrected chi connectivity index (χ1v) is 7.07. The molecular weight excluding hydrogens is 238 g/mol. The van der Waals surface area contributed by atoms with Crippen LogP contribution in [0, 0.1) is 0 Å². The van der Waals surface area contributed by atoms with Crippen molar-refractivity contribution in [3.05, 3.63) is 35.9 Å². The molecule has 1 aliphatic rings. The maximum Gasteiger partial charge on any atom is 0.0958 e. The zero-order valence-electron chi connectivity index (χ0n) is 12.3. The van der Waals surface area contributed by atoms with E-state index in [2.05, 4.69) is 49.9 Å². The lowest BCUT2D eigenvalue weighted by Gasteiger charge is -2.34. The average Bonchev–Trinajstić information content (AvgIpc) is 2.39. The number of benzene rings is 1. The zero-order valence-corrected chi connectivity index (χ0v) is 12.3. The summed E-state index contributed by atoms with van der Waals surface area (Å²) in [5.74, 6) is 0. The molecule has 2 rings (SSSR count). The topological polar surface area (TPSA) is 21.7 Å². The molecule has 1 heterocycles. The first-order valence-electron chi connectivity index (χ1n) is 7.07. The van der Waals surface area contributed by atoms with Gasteiger partial charge in [-0.25, -0.2) is 0 Å². The van der Waals surface area contributed by atoms with Gasteiger partial charge in [-0.1, -0.05) is 30.3 Å². The molecule has 1 aromatic rings. The van der Waals surface area contributed by atoms with Crippen molar-refractivity contribution < 1.29 is 9.47 Å². The highest BCUT2D eigenvalue weighted by atomic mass is 16.5. The highest BCUT2D eigenvalue weighted by Crippen LogP contribution is 2.25. The highest BCUT2D eigenvalue weighted by Gasteiger charge is 2.23. The average molecular weight is 263 g/mol. The lowest BCUT2D eigenvalue weighted by atomic mass is 10.1. The fourth-order valence-corrected chi connectivity index (χ4v) is 2.32.